The molecule has 7 heteroatoms. The molecule has 5 rings (SSSR count). The number of nitrogens with zero attached hydrogens (tertiary/aromatic N) is 3. The molecule has 0 spiro atoms. The summed E-state index contributed by atoms with van der Waals surface area (Å²) in [7, 11) is 0. The maximum Gasteiger partial charge on any atom is 0.262 e. The maximum absolute atomic E-state index is 13.8. The lowest BCUT2D eigenvalue weighted by Gasteiger charge is -2.40. The third kappa shape index (κ3) is 2.77. The van der Waals surface area contributed by atoms with E-state index in [0.717, 1.165) is 22.2 Å². The van der Waals surface area contributed by atoms with Gasteiger partial charge in [0.25, 0.3) is 5.91 Å². The standard InChI is InChI=1S/C22H15ClN3OPS/c23-17-12-10-16(11-13-17)21(27)26-20-9-5-4-8-19(20)25-15-14-24-22(25)28(26,29)18-6-2-1-3-7-18/h1-15H. The van der Waals surface area contributed by atoms with Crippen LogP contribution in [0.1, 0.15) is 10.4 Å². The Labute approximate surface area is 178 Å². The Balaban J connectivity index is 1.81. The molecule has 2 heterocycles. The zero-order valence-electron chi connectivity index (χ0n) is 15.1. The zero-order chi connectivity index (χ0) is 20.0. The summed E-state index contributed by atoms with van der Waals surface area (Å²) in [5.41, 5.74) is 2.93. The first-order valence-corrected chi connectivity index (χ1v) is 12.1. The minimum atomic E-state index is -2.75. The number of anilines is 1. The molecular formula is C22H15ClN3OPS. The molecule has 4 nitrogen and oxygen atoms in total. The summed E-state index contributed by atoms with van der Waals surface area (Å²) in [4.78, 5) is 18.4. The molecule has 0 aliphatic carbocycles. The highest BCUT2D eigenvalue weighted by Crippen LogP contribution is 2.55. The number of fused-ring (bicyclic) bond motifs is 3. The van der Waals surface area contributed by atoms with Crippen LogP contribution in [0.2, 0.25) is 5.02 Å². The molecule has 142 valence electrons. The van der Waals surface area contributed by atoms with Crippen LogP contribution >= 0.6 is 17.8 Å². The van der Waals surface area contributed by atoms with Crippen molar-refractivity contribution in [3.8, 4) is 5.69 Å². The predicted octanol–water partition coefficient (Wildman–Crippen LogP) is 4.53. The van der Waals surface area contributed by atoms with Crippen LogP contribution in [0.3, 0.4) is 0 Å². The van der Waals surface area contributed by atoms with Gasteiger partial charge in [-0.1, -0.05) is 65.9 Å². The molecule has 29 heavy (non-hydrogen) atoms. The van der Waals surface area contributed by atoms with Gasteiger partial charge in [0.2, 0.25) is 0 Å². The first kappa shape index (κ1) is 18.3. The van der Waals surface area contributed by atoms with E-state index in [1.54, 1.807) is 35.1 Å². The number of aromatic nitrogens is 2. The highest BCUT2D eigenvalue weighted by Gasteiger charge is 2.43. The third-order valence-corrected chi connectivity index (χ3v) is 9.63. The lowest BCUT2D eigenvalue weighted by Crippen LogP contribution is -2.43. The SMILES string of the molecule is O=C(c1ccc(Cl)cc1)N1c2ccccc2-n2ccnc2P1(=S)c1ccccc1. The van der Waals surface area contributed by atoms with Gasteiger partial charge in [-0.05, 0) is 36.4 Å². The lowest BCUT2D eigenvalue weighted by atomic mass is 10.2. The molecule has 0 fully saturated rings. The van der Waals surface area contributed by atoms with Crippen molar-refractivity contribution in [1.29, 1.82) is 0 Å². The van der Waals surface area contributed by atoms with E-state index in [2.05, 4.69) is 4.98 Å². The van der Waals surface area contributed by atoms with E-state index in [1.807, 2.05) is 65.4 Å². The summed E-state index contributed by atoms with van der Waals surface area (Å²) in [6, 6.07) is 24.5. The van der Waals surface area contributed by atoms with E-state index in [0.29, 0.717) is 10.6 Å². The Morgan fingerprint density at radius 3 is 2.28 bits per heavy atom. The summed E-state index contributed by atoms with van der Waals surface area (Å²) >= 11 is 12.4. The third-order valence-electron chi connectivity index (χ3n) is 4.93. The van der Waals surface area contributed by atoms with Crippen LogP contribution in [0.4, 0.5) is 5.69 Å². The number of hydrogen-bond donors (Lipinski definition) is 0. The van der Waals surface area contributed by atoms with Crippen LogP contribution in [0.5, 0.6) is 0 Å². The molecule has 1 amide bonds. The number of benzene rings is 3. The monoisotopic (exact) mass is 435 g/mol. The van der Waals surface area contributed by atoms with Crippen molar-refractivity contribution in [2.75, 3.05) is 4.67 Å². The fourth-order valence-electron chi connectivity index (χ4n) is 3.61. The topological polar surface area (TPSA) is 38.1 Å². The average Bonchev–Trinajstić information content (AvgIpc) is 3.26. The van der Waals surface area contributed by atoms with Gasteiger partial charge < -0.3 is 0 Å². The number of hydrogen-bond acceptors (Lipinski definition) is 3. The second-order valence-corrected chi connectivity index (χ2v) is 11.1. The Morgan fingerprint density at radius 1 is 0.897 bits per heavy atom. The van der Waals surface area contributed by atoms with Crippen molar-refractivity contribution in [3.05, 3.63) is 102 Å². The largest absolute Gasteiger partial charge is 0.296 e. The van der Waals surface area contributed by atoms with Gasteiger partial charge in [0.1, 0.15) is 6.19 Å². The minimum absolute atomic E-state index is 0.157. The predicted molar refractivity (Wildman–Crippen MR) is 122 cm³/mol. The summed E-state index contributed by atoms with van der Waals surface area (Å²) in [6.07, 6.45) is 0.900. The van der Waals surface area contributed by atoms with Crippen molar-refractivity contribution < 1.29 is 4.79 Å². The summed E-state index contributed by atoms with van der Waals surface area (Å²) < 4.78 is 3.79. The van der Waals surface area contributed by atoms with Gasteiger partial charge in [-0.2, -0.15) is 0 Å². The normalized spacial score (nSPS) is 17.5. The van der Waals surface area contributed by atoms with Gasteiger partial charge in [0, 0.05) is 28.3 Å². The van der Waals surface area contributed by atoms with E-state index < -0.39 is 6.19 Å². The second kappa shape index (κ2) is 6.96. The molecule has 3 aromatic carbocycles. The highest BCUT2D eigenvalue weighted by molar-refractivity contribution is 8.22. The lowest BCUT2D eigenvalue weighted by molar-refractivity contribution is 0.101. The molecule has 1 aliphatic heterocycles. The van der Waals surface area contributed by atoms with Crippen molar-refractivity contribution in [2.24, 2.45) is 0 Å². The first-order valence-electron chi connectivity index (χ1n) is 9.00. The number of halogens is 1. The molecule has 1 aliphatic rings. The fraction of sp³-hybridized carbons (Fsp3) is 0. The van der Waals surface area contributed by atoms with Crippen LogP contribution in [0, 0.1) is 0 Å². The number of imidazole rings is 1. The smallest absolute Gasteiger partial charge is 0.262 e. The van der Waals surface area contributed by atoms with E-state index in [4.69, 9.17) is 23.4 Å². The number of carbonyl (C=O) groups is 1. The Bertz CT molecular complexity index is 1270. The van der Waals surface area contributed by atoms with Crippen molar-refractivity contribution >= 4 is 52.1 Å². The van der Waals surface area contributed by atoms with Crippen LogP contribution < -0.4 is 15.5 Å². The van der Waals surface area contributed by atoms with E-state index in [-0.39, 0.29) is 5.91 Å². The van der Waals surface area contributed by atoms with Gasteiger partial charge in [-0.25, -0.2) is 4.98 Å². The van der Waals surface area contributed by atoms with E-state index in [1.165, 1.54) is 0 Å². The van der Waals surface area contributed by atoms with Crippen molar-refractivity contribution in [3.63, 3.8) is 0 Å². The maximum atomic E-state index is 13.8. The quantitative estimate of drug-likeness (QED) is 0.434. The molecule has 1 unspecified atom stereocenters. The number of carbonyl (C=O) groups excluding carboxylic acids is 1. The van der Waals surface area contributed by atoms with Crippen LogP contribution in [0.15, 0.2) is 91.3 Å². The molecule has 0 saturated carbocycles. The van der Waals surface area contributed by atoms with Crippen molar-refractivity contribution in [2.45, 2.75) is 0 Å². The molecule has 1 atom stereocenters. The first-order chi connectivity index (χ1) is 14.1. The van der Waals surface area contributed by atoms with Crippen LogP contribution in [-0.2, 0) is 11.8 Å². The van der Waals surface area contributed by atoms with E-state index in [9.17, 15) is 4.79 Å². The summed E-state index contributed by atoms with van der Waals surface area (Å²) in [6.45, 7) is 0. The van der Waals surface area contributed by atoms with Gasteiger partial charge in [0.05, 0.1) is 11.4 Å². The minimum Gasteiger partial charge on any atom is -0.296 e. The van der Waals surface area contributed by atoms with E-state index >= 15 is 0 Å². The van der Waals surface area contributed by atoms with Gasteiger partial charge >= 0.3 is 0 Å². The zero-order valence-corrected chi connectivity index (χ0v) is 17.6. The number of amides is 1. The highest BCUT2D eigenvalue weighted by atomic mass is 35.5. The summed E-state index contributed by atoms with van der Waals surface area (Å²) in [5, 5.41) is 1.50. The summed E-state index contributed by atoms with van der Waals surface area (Å²) in [5.74, 6) is -0.157. The molecule has 0 bridgehead atoms. The molecule has 0 radical (unpaired) electrons. The second-order valence-electron chi connectivity index (χ2n) is 6.62. The van der Waals surface area contributed by atoms with Gasteiger partial charge in [0.15, 0.2) is 5.57 Å². The Morgan fingerprint density at radius 2 is 1.55 bits per heavy atom. The number of para-hydroxylation sites is 2. The molecule has 0 saturated heterocycles. The molecule has 0 N–H and O–H groups in total. The Hall–Kier alpha value is -2.72. The van der Waals surface area contributed by atoms with Crippen LogP contribution in [0.25, 0.3) is 5.69 Å². The van der Waals surface area contributed by atoms with Crippen molar-refractivity contribution in [1.82, 2.24) is 9.55 Å². The Kier molecular flexibility index (Phi) is 4.39. The average molecular weight is 436 g/mol. The molecular weight excluding hydrogens is 421 g/mol. The molecule has 4 aromatic rings. The van der Waals surface area contributed by atoms with Crippen LogP contribution in [-0.4, -0.2) is 15.5 Å². The van der Waals surface area contributed by atoms with Gasteiger partial charge in [-0.15, -0.1) is 0 Å². The van der Waals surface area contributed by atoms with Gasteiger partial charge in [-0.3, -0.25) is 14.0 Å². The number of rotatable bonds is 2. The molecule has 1 aromatic heterocycles. The fourth-order valence-corrected chi connectivity index (χ4v) is 7.74.